The van der Waals surface area contributed by atoms with Crippen LogP contribution < -0.4 is 25.4 Å². The summed E-state index contributed by atoms with van der Waals surface area (Å²) in [5, 5.41) is 2.83. The zero-order valence-electron chi connectivity index (χ0n) is 14.5. The Labute approximate surface area is 147 Å². The van der Waals surface area contributed by atoms with Gasteiger partial charge in [0.25, 0.3) is 5.91 Å². The maximum Gasteiger partial charge on any atom is 0.255 e. The van der Waals surface area contributed by atoms with E-state index in [4.69, 9.17) is 15.2 Å². The maximum absolute atomic E-state index is 12.5. The molecule has 1 aliphatic heterocycles. The Bertz CT molecular complexity index is 759. The molecular formula is C19H23N3O3. The molecule has 2 aromatic rings. The summed E-state index contributed by atoms with van der Waals surface area (Å²) < 4.78 is 10.6. The standard InChI is InChI=1S/C19H23N3O3/c1-3-9-22(4-2)14-7-5-13(6-8-14)19(23)21-16-11-18-17(10-15(16)20)24-12-25-18/h5-8,10-11H,3-4,9,12,20H2,1-2H3,(H,21,23). The summed E-state index contributed by atoms with van der Waals surface area (Å²) in [4.78, 5) is 14.8. The lowest BCUT2D eigenvalue weighted by atomic mass is 10.1. The smallest absolute Gasteiger partial charge is 0.255 e. The summed E-state index contributed by atoms with van der Waals surface area (Å²) in [5.41, 5.74) is 8.62. The minimum atomic E-state index is -0.212. The van der Waals surface area contributed by atoms with Crippen LogP contribution >= 0.6 is 0 Å². The number of amides is 1. The molecular weight excluding hydrogens is 318 g/mol. The van der Waals surface area contributed by atoms with E-state index in [2.05, 4.69) is 24.1 Å². The van der Waals surface area contributed by atoms with Gasteiger partial charge in [-0.3, -0.25) is 4.79 Å². The average molecular weight is 341 g/mol. The molecule has 0 bridgehead atoms. The fourth-order valence-corrected chi connectivity index (χ4v) is 2.82. The van der Waals surface area contributed by atoms with Crippen molar-refractivity contribution in [1.29, 1.82) is 0 Å². The van der Waals surface area contributed by atoms with Gasteiger partial charge >= 0.3 is 0 Å². The van der Waals surface area contributed by atoms with Gasteiger partial charge in [-0.2, -0.15) is 0 Å². The molecule has 1 amide bonds. The van der Waals surface area contributed by atoms with Crippen LogP contribution in [0.2, 0.25) is 0 Å². The molecule has 0 saturated heterocycles. The predicted molar refractivity (Wildman–Crippen MR) is 99.6 cm³/mol. The molecule has 0 saturated carbocycles. The summed E-state index contributed by atoms with van der Waals surface area (Å²) in [6, 6.07) is 10.9. The number of ether oxygens (including phenoxy) is 2. The fraction of sp³-hybridized carbons (Fsp3) is 0.316. The topological polar surface area (TPSA) is 76.8 Å². The Morgan fingerprint density at radius 2 is 1.84 bits per heavy atom. The normalized spacial score (nSPS) is 12.1. The monoisotopic (exact) mass is 341 g/mol. The summed E-state index contributed by atoms with van der Waals surface area (Å²) in [7, 11) is 0. The van der Waals surface area contributed by atoms with E-state index in [9.17, 15) is 4.79 Å². The maximum atomic E-state index is 12.5. The Morgan fingerprint density at radius 1 is 1.16 bits per heavy atom. The van der Waals surface area contributed by atoms with Gasteiger partial charge in [0.2, 0.25) is 6.79 Å². The van der Waals surface area contributed by atoms with E-state index in [0.717, 1.165) is 25.2 Å². The number of anilines is 3. The van der Waals surface area contributed by atoms with Gasteiger partial charge in [0.15, 0.2) is 11.5 Å². The fourth-order valence-electron chi connectivity index (χ4n) is 2.82. The number of hydrogen-bond donors (Lipinski definition) is 2. The minimum absolute atomic E-state index is 0.166. The van der Waals surface area contributed by atoms with E-state index >= 15 is 0 Å². The van der Waals surface area contributed by atoms with Gasteiger partial charge in [-0.25, -0.2) is 0 Å². The zero-order valence-corrected chi connectivity index (χ0v) is 14.5. The van der Waals surface area contributed by atoms with Crippen molar-refractivity contribution in [3.63, 3.8) is 0 Å². The second-order valence-electron chi connectivity index (χ2n) is 5.87. The molecule has 25 heavy (non-hydrogen) atoms. The van der Waals surface area contributed by atoms with E-state index in [-0.39, 0.29) is 12.7 Å². The third-order valence-corrected chi connectivity index (χ3v) is 4.16. The largest absolute Gasteiger partial charge is 0.454 e. The van der Waals surface area contributed by atoms with Gasteiger partial charge in [-0.1, -0.05) is 6.92 Å². The highest BCUT2D eigenvalue weighted by Crippen LogP contribution is 2.38. The van der Waals surface area contributed by atoms with E-state index in [1.807, 2.05) is 24.3 Å². The Kier molecular flexibility index (Phi) is 4.97. The predicted octanol–water partition coefficient (Wildman–Crippen LogP) is 3.49. The number of rotatable bonds is 6. The van der Waals surface area contributed by atoms with Crippen LogP contribution in [0.5, 0.6) is 11.5 Å². The van der Waals surface area contributed by atoms with Crippen LogP contribution in [-0.2, 0) is 0 Å². The Hall–Kier alpha value is -2.89. The lowest BCUT2D eigenvalue weighted by Gasteiger charge is -2.22. The van der Waals surface area contributed by atoms with E-state index in [1.165, 1.54) is 0 Å². The third kappa shape index (κ3) is 3.63. The molecule has 0 aliphatic carbocycles. The van der Waals surface area contributed by atoms with Crippen LogP contribution in [-0.4, -0.2) is 25.8 Å². The third-order valence-electron chi connectivity index (χ3n) is 4.16. The quantitative estimate of drug-likeness (QED) is 0.787. The lowest BCUT2D eigenvalue weighted by molar-refractivity contribution is 0.102. The number of carbonyl (C=O) groups excluding carboxylic acids is 1. The van der Waals surface area contributed by atoms with Gasteiger partial charge in [0.1, 0.15) is 0 Å². The van der Waals surface area contributed by atoms with Crippen molar-refractivity contribution in [3.05, 3.63) is 42.0 Å². The first-order chi connectivity index (χ1) is 12.1. The molecule has 0 aromatic heterocycles. The summed E-state index contributed by atoms with van der Waals surface area (Å²) in [6.07, 6.45) is 1.08. The second-order valence-corrected chi connectivity index (χ2v) is 5.87. The number of nitrogens with one attached hydrogen (secondary N) is 1. The molecule has 1 heterocycles. The molecule has 0 atom stereocenters. The summed E-state index contributed by atoms with van der Waals surface area (Å²) in [5.74, 6) is 0.962. The van der Waals surface area contributed by atoms with Crippen molar-refractivity contribution < 1.29 is 14.3 Å². The Balaban J connectivity index is 1.73. The molecule has 1 aliphatic rings. The highest BCUT2D eigenvalue weighted by atomic mass is 16.7. The van der Waals surface area contributed by atoms with Crippen LogP contribution in [0.1, 0.15) is 30.6 Å². The van der Waals surface area contributed by atoms with Crippen molar-refractivity contribution in [2.24, 2.45) is 0 Å². The van der Waals surface area contributed by atoms with Gasteiger partial charge in [0.05, 0.1) is 11.4 Å². The summed E-state index contributed by atoms with van der Waals surface area (Å²) >= 11 is 0. The van der Waals surface area contributed by atoms with E-state index in [1.54, 1.807) is 12.1 Å². The number of fused-ring (bicyclic) bond motifs is 1. The molecule has 6 heteroatoms. The van der Waals surface area contributed by atoms with Crippen molar-refractivity contribution >= 4 is 23.0 Å². The van der Waals surface area contributed by atoms with E-state index in [0.29, 0.717) is 28.4 Å². The molecule has 0 radical (unpaired) electrons. The molecule has 0 spiro atoms. The summed E-state index contributed by atoms with van der Waals surface area (Å²) in [6.45, 7) is 6.38. The number of carbonyl (C=O) groups is 1. The number of nitrogens with two attached hydrogens (primary N) is 1. The highest BCUT2D eigenvalue weighted by Gasteiger charge is 2.17. The molecule has 3 N–H and O–H groups in total. The lowest BCUT2D eigenvalue weighted by Crippen LogP contribution is -2.23. The van der Waals surface area contributed by atoms with Crippen molar-refractivity contribution in [2.75, 3.05) is 35.8 Å². The zero-order chi connectivity index (χ0) is 17.8. The molecule has 2 aromatic carbocycles. The average Bonchev–Trinajstić information content (AvgIpc) is 3.07. The molecule has 6 nitrogen and oxygen atoms in total. The molecule has 0 fully saturated rings. The van der Waals surface area contributed by atoms with Crippen LogP contribution in [0.15, 0.2) is 36.4 Å². The van der Waals surface area contributed by atoms with Crippen molar-refractivity contribution in [2.45, 2.75) is 20.3 Å². The SMILES string of the molecule is CCCN(CC)c1ccc(C(=O)Nc2cc3c(cc2N)OCO3)cc1. The minimum Gasteiger partial charge on any atom is -0.454 e. The number of nitrogens with zero attached hydrogens (tertiary/aromatic N) is 1. The van der Waals surface area contributed by atoms with Crippen LogP contribution in [0.3, 0.4) is 0 Å². The molecule has 132 valence electrons. The van der Waals surface area contributed by atoms with Gasteiger partial charge < -0.3 is 25.4 Å². The second kappa shape index (κ2) is 7.34. The number of benzene rings is 2. The molecule has 0 unspecified atom stereocenters. The van der Waals surface area contributed by atoms with Gasteiger partial charge in [0, 0.05) is 36.5 Å². The van der Waals surface area contributed by atoms with Gasteiger partial charge in [-0.05, 0) is 37.6 Å². The number of hydrogen-bond acceptors (Lipinski definition) is 5. The van der Waals surface area contributed by atoms with Crippen molar-refractivity contribution in [1.82, 2.24) is 0 Å². The first kappa shape index (κ1) is 17.0. The Morgan fingerprint density at radius 3 is 2.48 bits per heavy atom. The van der Waals surface area contributed by atoms with Crippen LogP contribution in [0.4, 0.5) is 17.1 Å². The highest BCUT2D eigenvalue weighted by molar-refractivity contribution is 6.06. The van der Waals surface area contributed by atoms with Crippen LogP contribution in [0.25, 0.3) is 0 Å². The molecule has 3 rings (SSSR count). The van der Waals surface area contributed by atoms with Crippen molar-refractivity contribution in [3.8, 4) is 11.5 Å². The first-order valence-electron chi connectivity index (χ1n) is 8.47. The van der Waals surface area contributed by atoms with E-state index < -0.39 is 0 Å². The number of nitrogen functional groups attached to an aromatic ring is 1. The van der Waals surface area contributed by atoms with Gasteiger partial charge in [-0.15, -0.1) is 0 Å². The van der Waals surface area contributed by atoms with Crippen LogP contribution in [0, 0.1) is 0 Å². The first-order valence-corrected chi connectivity index (χ1v) is 8.47.